The summed E-state index contributed by atoms with van der Waals surface area (Å²) in [6, 6.07) is 7.68. The van der Waals surface area contributed by atoms with Crippen molar-refractivity contribution in [3.63, 3.8) is 0 Å². The molecule has 0 N–H and O–H groups in total. The van der Waals surface area contributed by atoms with E-state index in [2.05, 4.69) is 9.68 Å². The first-order valence-electron chi connectivity index (χ1n) is 5.53. The molecule has 0 spiro atoms. The Labute approximate surface area is 103 Å². The van der Waals surface area contributed by atoms with Gasteiger partial charge < -0.3 is 9.26 Å². The number of rotatable bonds is 5. The number of ether oxygens (including phenoxy) is 1. The third-order valence-electron chi connectivity index (χ3n) is 2.40. The van der Waals surface area contributed by atoms with Crippen molar-refractivity contribution in [3.05, 3.63) is 53.7 Å². The van der Waals surface area contributed by atoms with Crippen molar-refractivity contribution in [1.82, 2.24) is 5.16 Å². The molecule has 94 valence electrons. The molecule has 1 aromatic carbocycles. The Bertz CT molecular complexity index is 493. The van der Waals surface area contributed by atoms with E-state index < -0.39 is 0 Å². The van der Waals surface area contributed by atoms with Gasteiger partial charge in [-0.25, -0.2) is 4.39 Å². The lowest BCUT2D eigenvalue weighted by Gasteiger charge is -2.03. The topological polar surface area (TPSA) is 52.3 Å². The van der Waals surface area contributed by atoms with Gasteiger partial charge in [0, 0.05) is 12.5 Å². The largest absolute Gasteiger partial charge is 0.459 e. The van der Waals surface area contributed by atoms with Gasteiger partial charge in [-0.15, -0.1) is 0 Å². The molecule has 0 radical (unpaired) electrons. The third-order valence-corrected chi connectivity index (χ3v) is 2.40. The van der Waals surface area contributed by atoms with E-state index in [4.69, 9.17) is 4.74 Å². The van der Waals surface area contributed by atoms with Crippen LogP contribution in [0.2, 0.25) is 0 Å². The van der Waals surface area contributed by atoms with Gasteiger partial charge in [-0.05, 0) is 24.1 Å². The second kappa shape index (κ2) is 5.95. The third kappa shape index (κ3) is 3.69. The predicted octanol–water partition coefficient (Wildman–Crippen LogP) is 2.49. The molecule has 4 nitrogen and oxygen atoms in total. The maximum atomic E-state index is 12.7. The highest BCUT2D eigenvalue weighted by atomic mass is 19.1. The standard InChI is InChI=1S/C13H12FNO3/c14-11-4-1-10(2-5-11)3-6-13(16)17-9-12-7-8-18-15-12/h1-2,4-5,7-8H,3,6,9H2. The highest BCUT2D eigenvalue weighted by Crippen LogP contribution is 2.07. The summed E-state index contributed by atoms with van der Waals surface area (Å²) in [5.74, 6) is -0.602. The lowest BCUT2D eigenvalue weighted by atomic mass is 10.1. The maximum absolute atomic E-state index is 12.7. The second-order valence-electron chi connectivity index (χ2n) is 3.78. The van der Waals surface area contributed by atoms with Crippen LogP contribution in [0.25, 0.3) is 0 Å². The molecule has 0 amide bonds. The number of carbonyl (C=O) groups excluding carboxylic acids is 1. The molecule has 0 unspecified atom stereocenters. The fraction of sp³-hybridized carbons (Fsp3) is 0.231. The summed E-state index contributed by atoms with van der Waals surface area (Å²) in [5, 5.41) is 3.62. The molecule has 0 aliphatic carbocycles. The molecule has 0 saturated carbocycles. The molecule has 18 heavy (non-hydrogen) atoms. The molecule has 1 heterocycles. The molecule has 0 atom stereocenters. The van der Waals surface area contributed by atoms with Crippen LogP contribution in [0.1, 0.15) is 17.7 Å². The second-order valence-corrected chi connectivity index (χ2v) is 3.78. The Balaban J connectivity index is 1.73. The predicted molar refractivity (Wildman–Crippen MR) is 61.0 cm³/mol. The van der Waals surface area contributed by atoms with Crippen molar-refractivity contribution in [2.24, 2.45) is 0 Å². The monoisotopic (exact) mass is 249 g/mol. The summed E-state index contributed by atoms with van der Waals surface area (Å²) in [5.41, 5.74) is 1.47. The van der Waals surface area contributed by atoms with Gasteiger partial charge >= 0.3 is 5.97 Å². The van der Waals surface area contributed by atoms with Crippen LogP contribution < -0.4 is 0 Å². The number of carbonyl (C=O) groups is 1. The molecule has 2 aromatic rings. The van der Waals surface area contributed by atoms with E-state index in [0.717, 1.165) is 5.56 Å². The SMILES string of the molecule is O=C(CCc1ccc(F)cc1)OCc1ccon1. The van der Waals surface area contributed by atoms with E-state index in [1.807, 2.05) is 0 Å². The average molecular weight is 249 g/mol. The Morgan fingerprint density at radius 2 is 2.06 bits per heavy atom. The van der Waals surface area contributed by atoms with E-state index in [0.29, 0.717) is 12.1 Å². The molecule has 0 fully saturated rings. The highest BCUT2D eigenvalue weighted by molar-refractivity contribution is 5.69. The van der Waals surface area contributed by atoms with Crippen LogP contribution in [0, 0.1) is 5.82 Å². The fourth-order valence-corrected chi connectivity index (χ4v) is 1.44. The number of nitrogens with zero attached hydrogens (tertiary/aromatic N) is 1. The van der Waals surface area contributed by atoms with Gasteiger partial charge in [0.05, 0.1) is 0 Å². The number of aromatic nitrogens is 1. The molecule has 0 saturated heterocycles. The molecular weight excluding hydrogens is 237 g/mol. The van der Waals surface area contributed by atoms with Crippen LogP contribution in [0.4, 0.5) is 4.39 Å². The van der Waals surface area contributed by atoms with E-state index in [1.165, 1.54) is 18.4 Å². The minimum Gasteiger partial charge on any atom is -0.459 e. The molecule has 0 bridgehead atoms. The molecule has 2 rings (SSSR count). The normalized spacial score (nSPS) is 10.3. The van der Waals surface area contributed by atoms with Crippen LogP contribution in [-0.4, -0.2) is 11.1 Å². The van der Waals surface area contributed by atoms with Crippen molar-refractivity contribution in [2.75, 3.05) is 0 Å². The molecule has 0 aliphatic heterocycles. The quantitative estimate of drug-likeness (QED) is 0.764. The number of hydrogen-bond acceptors (Lipinski definition) is 4. The Hall–Kier alpha value is -2.17. The van der Waals surface area contributed by atoms with Gasteiger partial charge in [-0.3, -0.25) is 4.79 Å². The number of benzene rings is 1. The van der Waals surface area contributed by atoms with Crippen molar-refractivity contribution in [3.8, 4) is 0 Å². The van der Waals surface area contributed by atoms with E-state index in [1.54, 1.807) is 18.2 Å². The summed E-state index contributed by atoms with van der Waals surface area (Å²) in [6.07, 6.45) is 2.20. The summed E-state index contributed by atoms with van der Waals surface area (Å²) < 4.78 is 22.3. The first-order valence-corrected chi connectivity index (χ1v) is 5.53. The van der Waals surface area contributed by atoms with Gasteiger partial charge in [-0.1, -0.05) is 17.3 Å². The molecule has 5 heteroatoms. The van der Waals surface area contributed by atoms with Gasteiger partial charge in [0.2, 0.25) is 0 Å². The summed E-state index contributed by atoms with van der Waals surface area (Å²) >= 11 is 0. The lowest BCUT2D eigenvalue weighted by molar-refractivity contribution is -0.145. The Morgan fingerprint density at radius 1 is 1.28 bits per heavy atom. The summed E-state index contributed by atoms with van der Waals surface area (Å²) in [4.78, 5) is 11.4. The Morgan fingerprint density at radius 3 is 2.72 bits per heavy atom. The Kier molecular flexibility index (Phi) is 4.06. The number of aryl methyl sites for hydroxylation is 1. The zero-order chi connectivity index (χ0) is 12.8. The zero-order valence-corrected chi connectivity index (χ0v) is 9.64. The van der Waals surface area contributed by atoms with Gasteiger partial charge in [-0.2, -0.15) is 0 Å². The van der Waals surface area contributed by atoms with Crippen LogP contribution in [0.15, 0.2) is 41.1 Å². The zero-order valence-electron chi connectivity index (χ0n) is 9.64. The van der Waals surface area contributed by atoms with E-state index >= 15 is 0 Å². The van der Waals surface area contributed by atoms with Gasteiger partial charge in [0.15, 0.2) is 0 Å². The lowest BCUT2D eigenvalue weighted by Crippen LogP contribution is -2.06. The fourth-order valence-electron chi connectivity index (χ4n) is 1.44. The van der Waals surface area contributed by atoms with Crippen molar-refractivity contribution >= 4 is 5.97 Å². The van der Waals surface area contributed by atoms with Crippen LogP contribution >= 0.6 is 0 Å². The first-order chi connectivity index (χ1) is 8.74. The summed E-state index contributed by atoms with van der Waals surface area (Å²) in [6.45, 7) is 0.110. The van der Waals surface area contributed by atoms with Crippen molar-refractivity contribution in [1.29, 1.82) is 0 Å². The smallest absolute Gasteiger partial charge is 0.306 e. The molecular formula is C13H12FNO3. The van der Waals surface area contributed by atoms with E-state index in [9.17, 15) is 9.18 Å². The van der Waals surface area contributed by atoms with Crippen LogP contribution in [0.3, 0.4) is 0 Å². The average Bonchev–Trinajstić information content (AvgIpc) is 2.89. The van der Waals surface area contributed by atoms with E-state index in [-0.39, 0.29) is 24.8 Å². The first kappa shape index (κ1) is 12.3. The summed E-state index contributed by atoms with van der Waals surface area (Å²) in [7, 11) is 0. The maximum Gasteiger partial charge on any atom is 0.306 e. The van der Waals surface area contributed by atoms with Crippen molar-refractivity contribution < 1.29 is 18.4 Å². The van der Waals surface area contributed by atoms with Gasteiger partial charge in [0.25, 0.3) is 0 Å². The molecule has 1 aromatic heterocycles. The highest BCUT2D eigenvalue weighted by Gasteiger charge is 2.05. The van der Waals surface area contributed by atoms with Gasteiger partial charge in [0.1, 0.15) is 24.4 Å². The van der Waals surface area contributed by atoms with Crippen LogP contribution in [0.5, 0.6) is 0 Å². The van der Waals surface area contributed by atoms with Crippen LogP contribution in [-0.2, 0) is 22.6 Å². The number of halogens is 1. The minimum atomic E-state index is -0.317. The minimum absolute atomic E-state index is 0.110. The molecule has 0 aliphatic rings. The van der Waals surface area contributed by atoms with Crippen molar-refractivity contribution in [2.45, 2.75) is 19.4 Å². The number of esters is 1. The number of hydrogen-bond donors (Lipinski definition) is 0.